The van der Waals surface area contributed by atoms with Gasteiger partial charge in [0.1, 0.15) is 0 Å². The minimum absolute atomic E-state index is 0.722. The molecule has 0 radical (unpaired) electrons. The van der Waals surface area contributed by atoms with Crippen LogP contribution in [0.2, 0.25) is 0 Å². The Morgan fingerprint density at radius 1 is 0.933 bits per heavy atom. The molecule has 0 amide bonds. The third kappa shape index (κ3) is 34200. The maximum atomic E-state index is 8.88. The van der Waals surface area contributed by atoms with Gasteiger partial charge in [0.25, 0.3) is 0 Å². The first kappa shape index (κ1) is 24.5. The first-order valence-corrected chi connectivity index (χ1v) is 6.70. The van der Waals surface area contributed by atoms with Crippen LogP contribution in [0, 0.1) is 0 Å². The molecule has 0 bridgehead atoms. The lowest BCUT2D eigenvalue weighted by Crippen LogP contribution is -1.66. The highest BCUT2D eigenvalue weighted by molar-refractivity contribution is 7.45. The van der Waals surface area contributed by atoms with Gasteiger partial charge in [0.05, 0.1) is 0 Å². The lowest BCUT2D eigenvalue weighted by Gasteiger charge is -1.82. The second-order valence-electron chi connectivity index (χ2n) is 1.29. The fourth-order valence-corrected chi connectivity index (χ4v) is 0. The Balaban J connectivity index is -0.0000000574. The molecule has 0 spiro atoms. The first-order valence-electron chi connectivity index (χ1n) is 3.04. The average molecular weight is 289 g/mol. The van der Waals surface area contributed by atoms with Gasteiger partial charge in [-0.25, -0.2) is 9.13 Å². The highest BCUT2D eigenvalue weighted by Crippen LogP contribution is 2.26. The second-order valence-corrected chi connectivity index (χ2v) is 3.88. The molecule has 8 nitrogen and oxygen atoms in total. The fourth-order valence-electron chi connectivity index (χ4n) is 0. The summed E-state index contributed by atoms with van der Waals surface area (Å²) in [6.45, 7) is 7.89. The Morgan fingerprint density at radius 2 is 0.933 bits per heavy atom. The number of halogens is 1. The smallest absolute Gasteiger partial charge is 0.303 e. The fraction of sp³-hybridized carbons (Fsp3) is 0.500. The van der Waals surface area contributed by atoms with Crippen LogP contribution in [-0.4, -0.2) is 35.2 Å². The summed E-state index contributed by atoms with van der Waals surface area (Å²) in [4.78, 5) is 43.1. The summed E-state index contributed by atoms with van der Waals surface area (Å²) >= 11 is 5.00. The van der Waals surface area contributed by atoms with E-state index in [1.54, 1.807) is 0 Å². The number of rotatable bonds is 0. The Morgan fingerprint density at radius 3 is 0.933 bits per heavy atom. The molecule has 0 aliphatic heterocycles. The minimum atomic E-state index is -4.64. The molecule has 0 fully saturated rings. The predicted molar refractivity (Wildman–Crippen MR) is 56.2 cm³/mol. The van der Waals surface area contributed by atoms with Crippen molar-refractivity contribution in [2.24, 2.45) is 0 Å². The Bertz CT molecular complexity index is 160. The van der Waals surface area contributed by atoms with Crippen molar-refractivity contribution in [2.75, 3.05) is 5.88 Å². The minimum Gasteiger partial charge on any atom is -0.303 e. The van der Waals surface area contributed by atoms with Gasteiger partial charge in [0.15, 0.2) is 0 Å². The summed E-state index contributed by atoms with van der Waals surface area (Å²) in [6.07, 6.45) is 0. The van der Waals surface area contributed by atoms with Crippen LogP contribution < -0.4 is 0 Å². The average Bonchev–Trinajstić information content (AvgIpc) is 1.84. The van der Waals surface area contributed by atoms with E-state index in [1.165, 1.54) is 0 Å². The van der Waals surface area contributed by atoms with Gasteiger partial charge in [-0.15, -0.1) is 24.8 Å². The van der Waals surface area contributed by atoms with Gasteiger partial charge in [-0.1, -0.05) is 6.92 Å². The van der Waals surface area contributed by atoms with Crippen molar-refractivity contribution in [1.29, 1.82) is 0 Å². The highest BCUT2D eigenvalue weighted by Gasteiger charge is 2.00. The van der Waals surface area contributed by atoms with Gasteiger partial charge in [0, 0.05) is 5.88 Å². The predicted octanol–water partition coefficient (Wildman–Crippen LogP) is 0.190. The van der Waals surface area contributed by atoms with Gasteiger partial charge >= 0.3 is 15.6 Å². The molecule has 0 rings (SSSR count). The van der Waals surface area contributed by atoms with Crippen LogP contribution in [-0.2, 0) is 9.13 Å². The zero-order chi connectivity index (χ0) is 13.7. The van der Waals surface area contributed by atoms with Crippen LogP contribution in [0.25, 0.3) is 0 Å². The maximum absolute atomic E-state index is 8.88. The molecule has 0 aromatic rings. The molecule has 0 heterocycles. The standard InChI is InChI=1S/C2H5Cl.C2H4.2H3O4P/c1-2-3;1-2;2*1-5(2,3)4/h2H2,1H3;1-2H2;2*(H3,1,2,3,4). The van der Waals surface area contributed by atoms with Crippen LogP contribution in [0.5, 0.6) is 0 Å². The maximum Gasteiger partial charge on any atom is 0.466 e. The monoisotopic (exact) mass is 288 g/mol. The number of alkyl halides is 1. The van der Waals surface area contributed by atoms with Crippen molar-refractivity contribution in [1.82, 2.24) is 0 Å². The summed E-state index contributed by atoms with van der Waals surface area (Å²) in [7, 11) is -9.28. The molecule has 0 aromatic carbocycles. The Kier molecular flexibility index (Phi) is 23.2. The van der Waals surface area contributed by atoms with Crippen molar-refractivity contribution in [3.8, 4) is 0 Å². The summed E-state index contributed by atoms with van der Waals surface area (Å²) in [5, 5.41) is 0. The largest absolute Gasteiger partial charge is 0.466 e. The molecular weight excluding hydrogens is 273 g/mol. The molecule has 11 heteroatoms. The quantitative estimate of drug-likeness (QED) is 0.209. The van der Waals surface area contributed by atoms with Crippen LogP contribution in [0.3, 0.4) is 0 Å². The van der Waals surface area contributed by atoms with Crippen LogP contribution >= 0.6 is 27.2 Å². The van der Waals surface area contributed by atoms with Crippen molar-refractivity contribution in [3.05, 3.63) is 13.2 Å². The summed E-state index contributed by atoms with van der Waals surface area (Å²) < 4.78 is 17.8. The number of phosphoric acid groups is 2. The Hall–Kier alpha value is 0.250. The van der Waals surface area contributed by atoms with Crippen LogP contribution in [0.1, 0.15) is 6.92 Å². The molecule has 96 valence electrons. The lowest BCUT2D eigenvalue weighted by molar-refractivity contribution is 0.272. The van der Waals surface area contributed by atoms with Crippen molar-refractivity contribution in [2.45, 2.75) is 6.92 Å². The van der Waals surface area contributed by atoms with Gasteiger partial charge in [0.2, 0.25) is 0 Å². The molecule has 0 aromatic heterocycles. The molecule has 0 atom stereocenters. The van der Waals surface area contributed by atoms with Gasteiger partial charge in [-0.05, 0) is 0 Å². The van der Waals surface area contributed by atoms with Crippen LogP contribution in [0.4, 0.5) is 0 Å². The van der Waals surface area contributed by atoms with Gasteiger partial charge in [-0.3, -0.25) is 0 Å². The zero-order valence-electron chi connectivity index (χ0n) is 7.89. The van der Waals surface area contributed by atoms with E-state index in [1.807, 2.05) is 6.92 Å². The molecular formula is C4H15ClO8P2. The molecule has 0 unspecified atom stereocenters. The van der Waals surface area contributed by atoms with Crippen molar-refractivity contribution >= 4 is 27.2 Å². The zero-order valence-corrected chi connectivity index (χ0v) is 10.4. The summed E-state index contributed by atoms with van der Waals surface area (Å²) in [6, 6.07) is 0. The number of hydrogen-bond acceptors (Lipinski definition) is 2. The van der Waals surface area contributed by atoms with E-state index in [2.05, 4.69) is 13.2 Å². The third-order valence-electron chi connectivity index (χ3n) is 0. The molecule has 15 heavy (non-hydrogen) atoms. The number of hydrogen-bond donors (Lipinski definition) is 6. The van der Waals surface area contributed by atoms with E-state index in [0.717, 1.165) is 5.88 Å². The lowest BCUT2D eigenvalue weighted by atomic mass is 11.0. The van der Waals surface area contributed by atoms with E-state index >= 15 is 0 Å². The van der Waals surface area contributed by atoms with Crippen molar-refractivity contribution in [3.63, 3.8) is 0 Å². The summed E-state index contributed by atoms with van der Waals surface area (Å²) in [5.41, 5.74) is 0. The van der Waals surface area contributed by atoms with E-state index in [-0.39, 0.29) is 0 Å². The third-order valence-corrected chi connectivity index (χ3v) is 0. The van der Waals surface area contributed by atoms with Crippen molar-refractivity contribution < 1.29 is 38.5 Å². The van der Waals surface area contributed by atoms with E-state index in [9.17, 15) is 0 Å². The molecule has 0 aliphatic carbocycles. The normalized spacial score (nSPS) is 9.33. The highest BCUT2D eigenvalue weighted by atomic mass is 35.5. The molecule has 0 saturated heterocycles. The molecule has 0 aliphatic rings. The van der Waals surface area contributed by atoms with E-state index in [4.69, 9.17) is 50.1 Å². The van der Waals surface area contributed by atoms with Crippen LogP contribution in [0.15, 0.2) is 13.2 Å². The Labute approximate surface area is 92.3 Å². The molecule has 0 saturated carbocycles. The van der Waals surface area contributed by atoms with Gasteiger partial charge < -0.3 is 29.4 Å². The van der Waals surface area contributed by atoms with E-state index in [0.29, 0.717) is 0 Å². The topological polar surface area (TPSA) is 156 Å². The van der Waals surface area contributed by atoms with E-state index < -0.39 is 15.6 Å². The molecule has 6 N–H and O–H groups in total. The second kappa shape index (κ2) is 14.2. The summed E-state index contributed by atoms with van der Waals surface area (Å²) in [5.74, 6) is 0.722. The van der Waals surface area contributed by atoms with Gasteiger partial charge in [-0.2, -0.15) is 0 Å². The first-order chi connectivity index (χ1) is 6.41. The SMILES string of the molecule is C=C.CCCl.O=P(O)(O)O.O=P(O)(O)O.